The molecule has 0 saturated carbocycles. The monoisotopic (exact) mass is 580 g/mol. The molecule has 1 aromatic heterocycles. The molecule has 4 aromatic rings. The lowest BCUT2D eigenvalue weighted by atomic mass is 10.1. The molecule has 2 aliphatic rings. The number of benzene rings is 3. The summed E-state index contributed by atoms with van der Waals surface area (Å²) in [6.07, 6.45) is 1.78. The number of ether oxygens (including phenoxy) is 3. The van der Waals surface area contributed by atoms with Crippen LogP contribution >= 0.6 is 0 Å². The second-order valence-corrected chi connectivity index (χ2v) is 10.3. The SMILES string of the molecule is CCn1c(C)c(/C=C2\Oc3ccc(NC(=O)Nc4ccc(C(=O)N5CCOCC5)cc4)cc3C2=O)c2cc(OC)ccc21. The number of anilines is 2. The Hall–Kier alpha value is -5.09. The van der Waals surface area contributed by atoms with Gasteiger partial charge in [0.25, 0.3) is 5.91 Å². The number of allylic oxidation sites excluding steroid dienone is 1. The van der Waals surface area contributed by atoms with Crippen molar-refractivity contribution in [1.82, 2.24) is 9.47 Å². The van der Waals surface area contributed by atoms with E-state index in [1.54, 1.807) is 60.6 Å². The smallest absolute Gasteiger partial charge is 0.323 e. The molecule has 220 valence electrons. The van der Waals surface area contributed by atoms with E-state index in [0.717, 1.165) is 34.5 Å². The third-order valence-corrected chi connectivity index (χ3v) is 7.78. The summed E-state index contributed by atoms with van der Waals surface area (Å²) in [7, 11) is 1.63. The van der Waals surface area contributed by atoms with Crippen LogP contribution in [-0.4, -0.2) is 60.6 Å². The number of carbonyl (C=O) groups excluding carboxylic acids is 3. The van der Waals surface area contributed by atoms with Crippen molar-refractivity contribution in [1.29, 1.82) is 0 Å². The zero-order valence-electron chi connectivity index (χ0n) is 24.2. The highest BCUT2D eigenvalue weighted by Gasteiger charge is 2.29. The zero-order chi connectivity index (χ0) is 30.1. The number of aromatic nitrogens is 1. The molecule has 0 aliphatic carbocycles. The number of rotatable bonds is 6. The number of nitrogens with one attached hydrogen (secondary N) is 2. The summed E-state index contributed by atoms with van der Waals surface area (Å²) in [5.74, 6) is 1.04. The number of fused-ring (bicyclic) bond motifs is 2. The maximum Gasteiger partial charge on any atom is 0.323 e. The number of methoxy groups -OCH3 is 1. The molecule has 10 nitrogen and oxygen atoms in total. The minimum atomic E-state index is -0.480. The number of morpholine rings is 1. The van der Waals surface area contributed by atoms with E-state index in [-0.39, 0.29) is 17.4 Å². The highest BCUT2D eigenvalue weighted by atomic mass is 16.5. The summed E-state index contributed by atoms with van der Waals surface area (Å²) in [4.78, 5) is 40.5. The van der Waals surface area contributed by atoms with E-state index in [1.165, 1.54) is 0 Å². The molecule has 1 saturated heterocycles. The molecule has 0 unspecified atom stereocenters. The Morgan fingerprint density at radius 2 is 1.70 bits per heavy atom. The van der Waals surface area contributed by atoms with Crippen LogP contribution in [0.3, 0.4) is 0 Å². The fourth-order valence-corrected chi connectivity index (χ4v) is 5.54. The first-order chi connectivity index (χ1) is 20.9. The summed E-state index contributed by atoms with van der Waals surface area (Å²) in [6.45, 7) is 7.06. The molecule has 0 radical (unpaired) electrons. The molecule has 2 N–H and O–H groups in total. The van der Waals surface area contributed by atoms with E-state index >= 15 is 0 Å². The highest BCUT2D eigenvalue weighted by Crippen LogP contribution is 2.36. The van der Waals surface area contributed by atoms with Crippen molar-refractivity contribution < 1.29 is 28.6 Å². The normalized spacial score (nSPS) is 15.4. The van der Waals surface area contributed by atoms with Gasteiger partial charge < -0.3 is 34.3 Å². The topological polar surface area (TPSA) is 111 Å². The molecule has 2 aliphatic heterocycles. The van der Waals surface area contributed by atoms with Gasteiger partial charge in [0.05, 0.1) is 25.9 Å². The number of Topliss-reactive ketones (excluding diaryl/α,β-unsaturated/α-hetero) is 1. The molecule has 0 spiro atoms. The molecule has 10 heteroatoms. The predicted octanol–water partition coefficient (Wildman–Crippen LogP) is 5.71. The Kier molecular flexibility index (Phi) is 7.60. The van der Waals surface area contributed by atoms with Gasteiger partial charge in [0.2, 0.25) is 5.78 Å². The first-order valence-electron chi connectivity index (χ1n) is 14.2. The Bertz CT molecular complexity index is 1770. The van der Waals surface area contributed by atoms with Gasteiger partial charge in [-0.3, -0.25) is 9.59 Å². The van der Waals surface area contributed by atoms with Gasteiger partial charge in [-0.1, -0.05) is 0 Å². The van der Waals surface area contributed by atoms with Crippen molar-refractivity contribution in [3.8, 4) is 11.5 Å². The van der Waals surface area contributed by atoms with E-state index in [0.29, 0.717) is 54.6 Å². The Labute approximate surface area is 248 Å². The van der Waals surface area contributed by atoms with Crippen molar-refractivity contribution >= 4 is 46.1 Å². The number of amides is 3. The number of nitrogens with zero attached hydrogens (tertiary/aromatic N) is 2. The lowest BCUT2D eigenvalue weighted by Gasteiger charge is -2.26. The van der Waals surface area contributed by atoms with Crippen LogP contribution in [0.15, 0.2) is 66.4 Å². The number of carbonyl (C=O) groups is 3. The molecule has 0 atom stereocenters. The van der Waals surface area contributed by atoms with Crippen molar-refractivity contribution in [2.24, 2.45) is 0 Å². The second kappa shape index (κ2) is 11.7. The third kappa shape index (κ3) is 5.44. The maximum atomic E-state index is 13.4. The van der Waals surface area contributed by atoms with E-state index in [1.807, 2.05) is 25.1 Å². The van der Waals surface area contributed by atoms with Crippen LogP contribution in [0, 0.1) is 6.92 Å². The number of hydrogen-bond donors (Lipinski definition) is 2. The second-order valence-electron chi connectivity index (χ2n) is 10.3. The number of aryl methyl sites for hydroxylation is 1. The lowest BCUT2D eigenvalue weighted by molar-refractivity contribution is 0.0303. The molecular formula is C33H32N4O6. The van der Waals surface area contributed by atoms with Gasteiger partial charge >= 0.3 is 6.03 Å². The number of urea groups is 1. The van der Waals surface area contributed by atoms with Gasteiger partial charge in [-0.05, 0) is 80.6 Å². The standard InChI is InChI=1S/C33H32N4O6/c1-4-37-20(2)25(26-18-24(41-3)10-11-28(26)37)19-30-31(38)27-17-23(9-12-29(27)43-30)35-33(40)34-22-7-5-21(6-8-22)32(39)36-13-15-42-16-14-36/h5-12,17-19H,4,13-16H2,1-3H3,(H2,34,35,40)/b30-19-. The highest BCUT2D eigenvalue weighted by molar-refractivity contribution is 6.16. The van der Waals surface area contributed by atoms with Crippen LogP contribution in [0.2, 0.25) is 0 Å². The minimum Gasteiger partial charge on any atom is -0.497 e. The first kappa shape index (κ1) is 28.0. The quantitative estimate of drug-likeness (QED) is 0.283. The number of ketones is 1. The average molecular weight is 581 g/mol. The molecule has 0 bridgehead atoms. The van der Waals surface area contributed by atoms with Gasteiger partial charge in [0.15, 0.2) is 5.76 Å². The van der Waals surface area contributed by atoms with Crippen LogP contribution in [0.5, 0.6) is 11.5 Å². The number of hydrogen-bond acceptors (Lipinski definition) is 6. The van der Waals surface area contributed by atoms with Crippen molar-refractivity contribution in [3.05, 3.63) is 88.8 Å². The average Bonchev–Trinajstić information content (AvgIpc) is 3.48. The van der Waals surface area contributed by atoms with E-state index < -0.39 is 6.03 Å². The molecule has 43 heavy (non-hydrogen) atoms. The molecule has 6 rings (SSSR count). The van der Waals surface area contributed by atoms with Crippen LogP contribution in [-0.2, 0) is 11.3 Å². The molecule has 3 heterocycles. The molecular weight excluding hydrogens is 548 g/mol. The fourth-order valence-electron chi connectivity index (χ4n) is 5.54. The Morgan fingerprint density at radius 1 is 0.977 bits per heavy atom. The summed E-state index contributed by atoms with van der Waals surface area (Å²) in [6, 6.07) is 17.1. The minimum absolute atomic E-state index is 0.0660. The van der Waals surface area contributed by atoms with Crippen LogP contribution < -0.4 is 20.1 Å². The largest absolute Gasteiger partial charge is 0.497 e. The molecule has 3 amide bonds. The third-order valence-electron chi connectivity index (χ3n) is 7.78. The Morgan fingerprint density at radius 3 is 2.42 bits per heavy atom. The first-order valence-corrected chi connectivity index (χ1v) is 14.2. The van der Waals surface area contributed by atoms with E-state index in [4.69, 9.17) is 14.2 Å². The van der Waals surface area contributed by atoms with Crippen molar-refractivity contribution in [2.45, 2.75) is 20.4 Å². The van der Waals surface area contributed by atoms with Crippen LogP contribution in [0.4, 0.5) is 16.2 Å². The Balaban J connectivity index is 1.15. The fraction of sp³-hybridized carbons (Fsp3) is 0.242. The predicted molar refractivity (Wildman–Crippen MR) is 164 cm³/mol. The van der Waals surface area contributed by atoms with Gasteiger partial charge in [0, 0.05) is 58.7 Å². The van der Waals surface area contributed by atoms with Gasteiger partial charge in [0.1, 0.15) is 11.5 Å². The van der Waals surface area contributed by atoms with E-state index in [9.17, 15) is 14.4 Å². The van der Waals surface area contributed by atoms with Crippen molar-refractivity contribution in [3.63, 3.8) is 0 Å². The molecule has 3 aromatic carbocycles. The summed E-state index contributed by atoms with van der Waals surface area (Å²) >= 11 is 0. The molecule has 1 fully saturated rings. The van der Waals surface area contributed by atoms with Crippen LogP contribution in [0.25, 0.3) is 17.0 Å². The summed E-state index contributed by atoms with van der Waals surface area (Å²) in [5.41, 5.74) is 4.83. The van der Waals surface area contributed by atoms with Crippen molar-refractivity contribution in [2.75, 3.05) is 44.0 Å². The van der Waals surface area contributed by atoms with Gasteiger partial charge in [-0.15, -0.1) is 0 Å². The summed E-state index contributed by atoms with van der Waals surface area (Å²) < 4.78 is 18.9. The van der Waals surface area contributed by atoms with Gasteiger partial charge in [-0.2, -0.15) is 0 Å². The maximum absolute atomic E-state index is 13.4. The van der Waals surface area contributed by atoms with E-state index in [2.05, 4.69) is 22.1 Å². The zero-order valence-corrected chi connectivity index (χ0v) is 24.2. The van der Waals surface area contributed by atoms with Gasteiger partial charge in [-0.25, -0.2) is 4.79 Å². The lowest BCUT2D eigenvalue weighted by Crippen LogP contribution is -2.40. The summed E-state index contributed by atoms with van der Waals surface area (Å²) in [5, 5.41) is 6.50. The van der Waals surface area contributed by atoms with Crippen LogP contribution in [0.1, 0.15) is 38.9 Å².